The predicted molar refractivity (Wildman–Crippen MR) is 114 cm³/mol. The molecule has 1 atom stereocenters. The third-order valence-electron chi connectivity index (χ3n) is 4.23. The van der Waals surface area contributed by atoms with Crippen molar-refractivity contribution in [1.29, 1.82) is 0 Å². The monoisotopic (exact) mass is 434 g/mol. The maximum absolute atomic E-state index is 12.8. The van der Waals surface area contributed by atoms with Crippen LogP contribution in [-0.4, -0.2) is 14.3 Å². The van der Waals surface area contributed by atoms with Gasteiger partial charge in [0.25, 0.3) is 5.91 Å². The Bertz CT molecular complexity index is 1010. The van der Waals surface area contributed by atoms with Crippen LogP contribution in [0.25, 0.3) is 0 Å². The first-order chi connectivity index (χ1) is 13.4. The fourth-order valence-electron chi connectivity index (χ4n) is 2.73. The van der Waals surface area contributed by atoms with Crippen LogP contribution >= 0.6 is 22.7 Å². The van der Waals surface area contributed by atoms with Crippen LogP contribution < -0.4 is 10.0 Å². The SMILES string of the molecule is CC(C)C(NC(=O)c1cccc(S(=O)(=O)NCc2cccs2)c1)c1cccs1. The highest BCUT2D eigenvalue weighted by Crippen LogP contribution is 2.26. The summed E-state index contributed by atoms with van der Waals surface area (Å²) >= 11 is 3.07. The Morgan fingerprint density at radius 3 is 2.43 bits per heavy atom. The third-order valence-corrected chi connectivity index (χ3v) is 7.46. The van der Waals surface area contributed by atoms with Gasteiger partial charge in [-0.1, -0.05) is 32.0 Å². The molecule has 0 bridgehead atoms. The molecule has 2 aromatic heterocycles. The highest BCUT2D eigenvalue weighted by atomic mass is 32.2. The number of rotatable bonds is 8. The molecule has 1 amide bonds. The van der Waals surface area contributed by atoms with E-state index in [1.165, 1.54) is 23.5 Å². The normalized spacial score (nSPS) is 12.8. The van der Waals surface area contributed by atoms with Crippen molar-refractivity contribution in [3.05, 3.63) is 74.6 Å². The number of carbonyl (C=O) groups is 1. The Labute approximate surface area is 173 Å². The van der Waals surface area contributed by atoms with Crippen LogP contribution in [0.5, 0.6) is 0 Å². The molecule has 0 aliphatic heterocycles. The summed E-state index contributed by atoms with van der Waals surface area (Å²) < 4.78 is 27.7. The highest BCUT2D eigenvalue weighted by molar-refractivity contribution is 7.89. The van der Waals surface area contributed by atoms with Crippen molar-refractivity contribution in [2.24, 2.45) is 5.92 Å². The van der Waals surface area contributed by atoms with Crippen LogP contribution in [0.3, 0.4) is 0 Å². The Kier molecular flexibility index (Phi) is 6.66. The molecule has 2 heterocycles. The van der Waals surface area contributed by atoms with Crippen molar-refractivity contribution in [3.63, 3.8) is 0 Å². The second kappa shape index (κ2) is 9.00. The van der Waals surface area contributed by atoms with Crippen molar-refractivity contribution in [2.45, 2.75) is 31.3 Å². The van der Waals surface area contributed by atoms with E-state index in [1.807, 2.05) is 48.9 Å². The lowest BCUT2D eigenvalue weighted by atomic mass is 10.0. The smallest absolute Gasteiger partial charge is 0.251 e. The number of hydrogen-bond acceptors (Lipinski definition) is 5. The molecule has 3 aromatic rings. The summed E-state index contributed by atoms with van der Waals surface area (Å²) in [5, 5.41) is 6.90. The molecule has 1 unspecified atom stereocenters. The van der Waals surface area contributed by atoms with Crippen molar-refractivity contribution < 1.29 is 13.2 Å². The van der Waals surface area contributed by atoms with E-state index in [4.69, 9.17) is 0 Å². The number of sulfonamides is 1. The van der Waals surface area contributed by atoms with Crippen LogP contribution in [0.15, 0.2) is 64.2 Å². The summed E-state index contributed by atoms with van der Waals surface area (Å²) in [5.41, 5.74) is 0.321. The third kappa shape index (κ3) is 5.08. The minimum atomic E-state index is -3.70. The molecule has 0 aliphatic carbocycles. The number of amides is 1. The van der Waals surface area contributed by atoms with Crippen molar-refractivity contribution in [1.82, 2.24) is 10.0 Å². The van der Waals surface area contributed by atoms with Gasteiger partial charge in [0.2, 0.25) is 10.0 Å². The first-order valence-corrected chi connectivity index (χ1v) is 12.1. The molecule has 0 radical (unpaired) electrons. The maximum Gasteiger partial charge on any atom is 0.251 e. The van der Waals surface area contributed by atoms with Crippen LogP contribution in [-0.2, 0) is 16.6 Å². The van der Waals surface area contributed by atoms with Crippen LogP contribution in [0.2, 0.25) is 0 Å². The topological polar surface area (TPSA) is 75.3 Å². The molecule has 0 fully saturated rings. The zero-order valence-electron chi connectivity index (χ0n) is 15.6. The van der Waals surface area contributed by atoms with E-state index in [-0.39, 0.29) is 29.3 Å². The van der Waals surface area contributed by atoms with Crippen LogP contribution in [0, 0.1) is 5.92 Å². The number of nitrogens with one attached hydrogen (secondary N) is 2. The standard InChI is InChI=1S/C20H22N2O3S3/c1-14(2)19(18-9-5-11-27-18)22-20(23)15-6-3-8-17(12-15)28(24,25)21-13-16-7-4-10-26-16/h3-12,14,19,21H,13H2,1-2H3,(H,22,23). The van der Waals surface area contributed by atoms with Gasteiger partial charge in [0, 0.05) is 21.9 Å². The molecular formula is C20H22N2O3S3. The fourth-order valence-corrected chi connectivity index (χ4v) is 5.46. The van der Waals surface area contributed by atoms with Crippen molar-refractivity contribution >= 4 is 38.6 Å². The molecule has 3 rings (SSSR count). The van der Waals surface area contributed by atoms with E-state index in [2.05, 4.69) is 10.0 Å². The number of carbonyl (C=O) groups excluding carboxylic acids is 1. The average Bonchev–Trinajstić information content (AvgIpc) is 3.38. The first kappa shape index (κ1) is 20.7. The lowest BCUT2D eigenvalue weighted by Crippen LogP contribution is -2.31. The molecular weight excluding hydrogens is 412 g/mol. The largest absolute Gasteiger partial charge is 0.344 e. The molecule has 0 spiro atoms. The minimum Gasteiger partial charge on any atom is -0.344 e. The summed E-state index contributed by atoms with van der Waals surface area (Å²) in [5.74, 6) is -0.0793. The van der Waals surface area contributed by atoms with Crippen molar-refractivity contribution in [2.75, 3.05) is 0 Å². The molecule has 0 saturated carbocycles. The molecule has 0 saturated heterocycles. The predicted octanol–water partition coefficient (Wildman–Crippen LogP) is 4.42. The summed E-state index contributed by atoms with van der Waals surface area (Å²) in [6.45, 7) is 4.31. The second-order valence-electron chi connectivity index (χ2n) is 6.64. The van der Waals surface area contributed by atoms with Gasteiger partial charge >= 0.3 is 0 Å². The maximum atomic E-state index is 12.8. The fraction of sp³-hybridized carbons (Fsp3) is 0.250. The van der Waals surface area contributed by atoms with Crippen LogP contribution in [0.4, 0.5) is 0 Å². The molecule has 148 valence electrons. The molecule has 2 N–H and O–H groups in total. The Balaban J connectivity index is 1.75. The van der Waals surface area contributed by atoms with Gasteiger partial charge in [-0.15, -0.1) is 22.7 Å². The van der Waals surface area contributed by atoms with E-state index in [0.29, 0.717) is 5.56 Å². The Morgan fingerprint density at radius 1 is 1.04 bits per heavy atom. The van der Waals surface area contributed by atoms with Gasteiger partial charge < -0.3 is 5.32 Å². The lowest BCUT2D eigenvalue weighted by Gasteiger charge is -2.21. The second-order valence-corrected chi connectivity index (χ2v) is 10.4. The average molecular weight is 435 g/mol. The van der Waals surface area contributed by atoms with Gasteiger partial charge in [-0.05, 0) is 47.0 Å². The summed E-state index contributed by atoms with van der Waals surface area (Å²) in [4.78, 5) is 14.8. The zero-order chi connectivity index (χ0) is 20.1. The summed E-state index contributed by atoms with van der Waals surface area (Å²) in [6.07, 6.45) is 0. The van der Waals surface area contributed by atoms with E-state index in [9.17, 15) is 13.2 Å². The zero-order valence-corrected chi connectivity index (χ0v) is 18.0. The van der Waals surface area contributed by atoms with Gasteiger partial charge in [0.1, 0.15) is 0 Å². The summed E-state index contributed by atoms with van der Waals surface area (Å²) in [7, 11) is -3.70. The lowest BCUT2D eigenvalue weighted by molar-refractivity contribution is 0.0926. The van der Waals surface area contributed by atoms with Crippen molar-refractivity contribution in [3.8, 4) is 0 Å². The highest BCUT2D eigenvalue weighted by Gasteiger charge is 2.21. The van der Waals surface area contributed by atoms with E-state index >= 15 is 0 Å². The van der Waals surface area contributed by atoms with Gasteiger partial charge in [-0.3, -0.25) is 4.79 Å². The van der Waals surface area contributed by atoms with E-state index in [0.717, 1.165) is 9.75 Å². The quantitative estimate of drug-likeness (QED) is 0.551. The number of hydrogen-bond donors (Lipinski definition) is 2. The first-order valence-electron chi connectivity index (χ1n) is 8.83. The minimum absolute atomic E-state index is 0.0777. The number of thiophene rings is 2. The molecule has 1 aromatic carbocycles. The van der Waals surface area contributed by atoms with Crippen LogP contribution in [0.1, 0.15) is 40.0 Å². The van der Waals surface area contributed by atoms with Gasteiger partial charge in [-0.25, -0.2) is 13.1 Å². The Hall–Kier alpha value is -2.00. The molecule has 8 heteroatoms. The van der Waals surface area contributed by atoms with Gasteiger partial charge in [0.05, 0.1) is 10.9 Å². The molecule has 0 aliphatic rings. The van der Waals surface area contributed by atoms with E-state index in [1.54, 1.807) is 23.5 Å². The van der Waals surface area contributed by atoms with Gasteiger partial charge in [0.15, 0.2) is 0 Å². The molecule has 5 nitrogen and oxygen atoms in total. The Morgan fingerprint density at radius 2 is 1.79 bits per heavy atom. The van der Waals surface area contributed by atoms with E-state index < -0.39 is 10.0 Å². The number of benzene rings is 1. The summed E-state index contributed by atoms with van der Waals surface area (Å²) in [6, 6.07) is 13.7. The molecule has 28 heavy (non-hydrogen) atoms. The van der Waals surface area contributed by atoms with Gasteiger partial charge in [-0.2, -0.15) is 0 Å².